The van der Waals surface area contributed by atoms with Gasteiger partial charge in [-0.1, -0.05) is 6.07 Å². The molecule has 0 aromatic carbocycles. The smallest absolute Gasteiger partial charge is 0.263 e. The Balaban J connectivity index is 1.47. The van der Waals surface area contributed by atoms with Gasteiger partial charge in [-0.05, 0) is 29.9 Å². The molecule has 0 unspecified atom stereocenters. The van der Waals surface area contributed by atoms with E-state index >= 15 is 0 Å². The molecule has 4 rings (SSSR count). The lowest BCUT2D eigenvalue weighted by atomic mass is 10.1. The average Bonchev–Trinajstić information content (AvgIpc) is 3.23. The van der Waals surface area contributed by atoms with Gasteiger partial charge in [0.15, 0.2) is 5.65 Å². The topological polar surface area (TPSA) is 88.5 Å². The molecule has 2 atom stereocenters. The van der Waals surface area contributed by atoms with Gasteiger partial charge in [0.2, 0.25) is 5.95 Å². The Kier molecular flexibility index (Phi) is 2.92. The fourth-order valence-electron chi connectivity index (χ4n) is 2.82. The Morgan fingerprint density at radius 1 is 1.45 bits per heavy atom. The minimum absolute atomic E-state index is 0.166. The van der Waals surface area contributed by atoms with Gasteiger partial charge in [0.25, 0.3) is 5.56 Å². The highest BCUT2D eigenvalue weighted by molar-refractivity contribution is 5.74. The normalized spacial score (nSPS) is 20.2. The van der Waals surface area contributed by atoms with E-state index < -0.39 is 0 Å². The number of nitrogens with zero attached hydrogens (tertiary/aromatic N) is 4. The van der Waals surface area contributed by atoms with Crippen molar-refractivity contribution in [2.45, 2.75) is 12.3 Å². The maximum absolute atomic E-state index is 12.0. The molecule has 0 spiro atoms. The fraction of sp³-hybridized carbons (Fsp3) is 0.333. The summed E-state index contributed by atoms with van der Waals surface area (Å²) >= 11 is 0. The average molecular weight is 296 g/mol. The van der Waals surface area contributed by atoms with E-state index in [4.69, 9.17) is 0 Å². The summed E-state index contributed by atoms with van der Waals surface area (Å²) in [6.45, 7) is 0.784. The molecule has 112 valence electrons. The summed E-state index contributed by atoms with van der Waals surface area (Å²) in [4.78, 5) is 23.3. The first kappa shape index (κ1) is 13.0. The summed E-state index contributed by atoms with van der Waals surface area (Å²) in [5.74, 6) is 1.60. The lowest BCUT2D eigenvalue weighted by Gasteiger charge is -2.05. The molecule has 7 heteroatoms. The van der Waals surface area contributed by atoms with Crippen LogP contribution in [-0.4, -0.2) is 31.3 Å². The zero-order chi connectivity index (χ0) is 15.1. The number of hydrogen-bond acceptors (Lipinski definition) is 5. The molecule has 3 heterocycles. The molecule has 1 saturated carbocycles. The predicted molar refractivity (Wildman–Crippen MR) is 82.7 cm³/mol. The van der Waals surface area contributed by atoms with Crippen LogP contribution in [0.15, 0.2) is 35.5 Å². The number of rotatable bonds is 4. The number of aromatic nitrogens is 5. The standard InChI is InChI=1S/C15H16N6O/c1-21-13-12(8-18-21)14(22)20-15(19-13)17-7-10-5-11(10)9-3-2-4-16-6-9/h2-4,6,8,10-11H,5,7H2,1H3,(H2,17,19,20,22)/t10-,11-/m0/s1. The summed E-state index contributed by atoms with van der Waals surface area (Å²) in [7, 11) is 1.78. The Morgan fingerprint density at radius 3 is 3.18 bits per heavy atom. The highest BCUT2D eigenvalue weighted by atomic mass is 16.1. The monoisotopic (exact) mass is 296 g/mol. The predicted octanol–water partition coefficient (Wildman–Crippen LogP) is 1.27. The highest BCUT2D eigenvalue weighted by Crippen LogP contribution is 2.46. The lowest BCUT2D eigenvalue weighted by Crippen LogP contribution is -2.15. The number of nitrogens with one attached hydrogen (secondary N) is 2. The molecule has 3 aromatic rings. The largest absolute Gasteiger partial charge is 0.355 e. The number of anilines is 1. The van der Waals surface area contributed by atoms with E-state index in [1.807, 2.05) is 12.3 Å². The van der Waals surface area contributed by atoms with Crippen LogP contribution in [-0.2, 0) is 7.05 Å². The van der Waals surface area contributed by atoms with E-state index in [9.17, 15) is 4.79 Å². The number of fused-ring (bicyclic) bond motifs is 1. The van der Waals surface area contributed by atoms with Crippen LogP contribution < -0.4 is 10.9 Å². The van der Waals surface area contributed by atoms with Gasteiger partial charge >= 0.3 is 0 Å². The third-order valence-corrected chi connectivity index (χ3v) is 4.17. The lowest BCUT2D eigenvalue weighted by molar-refractivity contribution is 0.783. The summed E-state index contributed by atoms with van der Waals surface area (Å²) in [6.07, 6.45) is 6.38. The molecule has 7 nitrogen and oxygen atoms in total. The fourth-order valence-corrected chi connectivity index (χ4v) is 2.82. The number of H-pyrrole nitrogens is 1. The van der Waals surface area contributed by atoms with Crippen molar-refractivity contribution >= 4 is 17.0 Å². The van der Waals surface area contributed by atoms with E-state index in [1.165, 1.54) is 11.8 Å². The summed E-state index contributed by atoms with van der Waals surface area (Å²) in [5, 5.41) is 7.79. The quantitative estimate of drug-likeness (QED) is 0.757. The molecule has 0 aliphatic heterocycles. The molecule has 2 N–H and O–H groups in total. The van der Waals surface area contributed by atoms with Crippen molar-refractivity contribution in [1.82, 2.24) is 24.7 Å². The second-order valence-corrected chi connectivity index (χ2v) is 5.69. The van der Waals surface area contributed by atoms with Crippen LogP contribution >= 0.6 is 0 Å². The van der Waals surface area contributed by atoms with E-state index in [2.05, 4.69) is 31.4 Å². The van der Waals surface area contributed by atoms with E-state index in [1.54, 1.807) is 17.9 Å². The first-order valence-electron chi connectivity index (χ1n) is 7.28. The molecule has 0 radical (unpaired) electrons. The van der Waals surface area contributed by atoms with Crippen LogP contribution in [0.5, 0.6) is 0 Å². The number of hydrogen-bond donors (Lipinski definition) is 2. The number of aromatic amines is 1. The van der Waals surface area contributed by atoms with Crippen molar-refractivity contribution in [3.05, 3.63) is 46.6 Å². The molecular formula is C15H16N6O. The minimum atomic E-state index is -0.166. The van der Waals surface area contributed by atoms with Gasteiger partial charge in [-0.2, -0.15) is 10.1 Å². The van der Waals surface area contributed by atoms with Gasteiger partial charge in [0.05, 0.1) is 6.20 Å². The van der Waals surface area contributed by atoms with Gasteiger partial charge in [-0.15, -0.1) is 0 Å². The van der Waals surface area contributed by atoms with E-state index in [0.717, 1.165) is 13.0 Å². The van der Waals surface area contributed by atoms with Crippen LogP contribution in [0.4, 0.5) is 5.95 Å². The van der Waals surface area contributed by atoms with Crippen LogP contribution in [0, 0.1) is 5.92 Å². The van der Waals surface area contributed by atoms with Crippen LogP contribution in [0.3, 0.4) is 0 Å². The van der Waals surface area contributed by atoms with Crippen molar-refractivity contribution in [3.63, 3.8) is 0 Å². The zero-order valence-corrected chi connectivity index (χ0v) is 12.2. The van der Waals surface area contributed by atoms with Crippen molar-refractivity contribution in [2.75, 3.05) is 11.9 Å². The van der Waals surface area contributed by atoms with Gasteiger partial charge in [-0.3, -0.25) is 19.4 Å². The third kappa shape index (κ3) is 2.24. The molecule has 22 heavy (non-hydrogen) atoms. The van der Waals surface area contributed by atoms with Gasteiger partial charge < -0.3 is 5.32 Å². The van der Waals surface area contributed by atoms with Crippen LogP contribution in [0.25, 0.3) is 11.0 Å². The molecule has 1 aliphatic carbocycles. The second-order valence-electron chi connectivity index (χ2n) is 5.69. The minimum Gasteiger partial charge on any atom is -0.355 e. The first-order chi connectivity index (χ1) is 10.7. The Bertz CT molecular complexity index is 869. The molecule has 0 bridgehead atoms. The zero-order valence-electron chi connectivity index (χ0n) is 12.2. The summed E-state index contributed by atoms with van der Waals surface area (Å²) < 4.78 is 1.60. The molecule has 1 aliphatic rings. The molecular weight excluding hydrogens is 280 g/mol. The van der Waals surface area contributed by atoms with E-state index in [0.29, 0.717) is 28.8 Å². The second kappa shape index (κ2) is 4.94. The van der Waals surface area contributed by atoms with Gasteiger partial charge in [0.1, 0.15) is 5.39 Å². The van der Waals surface area contributed by atoms with Crippen molar-refractivity contribution in [3.8, 4) is 0 Å². The van der Waals surface area contributed by atoms with Crippen LogP contribution in [0.2, 0.25) is 0 Å². The maximum atomic E-state index is 12.0. The summed E-state index contributed by atoms with van der Waals surface area (Å²) in [5.41, 5.74) is 1.70. The Labute approximate surface area is 126 Å². The highest BCUT2D eigenvalue weighted by Gasteiger charge is 2.38. The Hall–Kier alpha value is -2.70. The number of aryl methyl sites for hydroxylation is 1. The molecule has 1 fully saturated rings. The van der Waals surface area contributed by atoms with Gasteiger partial charge in [-0.25, -0.2) is 0 Å². The molecule has 0 amide bonds. The SMILES string of the molecule is Cn1ncc2c(=O)[nH]c(NC[C@@H]3C[C@H]3c3cccnc3)nc21. The molecule has 0 saturated heterocycles. The maximum Gasteiger partial charge on any atom is 0.263 e. The Morgan fingerprint density at radius 2 is 2.36 bits per heavy atom. The summed E-state index contributed by atoms with van der Waals surface area (Å²) in [6, 6.07) is 4.08. The third-order valence-electron chi connectivity index (χ3n) is 4.17. The molecule has 3 aromatic heterocycles. The first-order valence-corrected chi connectivity index (χ1v) is 7.28. The van der Waals surface area contributed by atoms with Crippen molar-refractivity contribution in [2.24, 2.45) is 13.0 Å². The van der Waals surface area contributed by atoms with Crippen molar-refractivity contribution in [1.29, 1.82) is 0 Å². The van der Waals surface area contributed by atoms with Crippen LogP contribution in [0.1, 0.15) is 17.9 Å². The van der Waals surface area contributed by atoms with Gasteiger partial charge in [0, 0.05) is 26.0 Å². The van der Waals surface area contributed by atoms with E-state index in [-0.39, 0.29) is 5.56 Å². The number of pyridine rings is 1. The van der Waals surface area contributed by atoms with Crippen molar-refractivity contribution < 1.29 is 0 Å².